The van der Waals surface area contributed by atoms with Gasteiger partial charge in [0.25, 0.3) is 0 Å². The Morgan fingerprint density at radius 3 is 2.33 bits per heavy atom. The molecule has 1 aliphatic carbocycles. The number of hydrogen-bond donors (Lipinski definition) is 1. The highest BCUT2D eigenvalue weighted by Gasteiger charge is 2.43. The van der Waals surface area contributed by atoms with Crippen molar-refractivity contribution >= 4 is 11.9 Å². The first-order valence-electron chi connectivity index (χ1n) is 8.09. The monoisotopic (exact) mass is 296 g/mol. The van der Waals surface area contributed by atoms with Gasteiger partial charge in [0.15, 0.2) is 0 Å². The van der Waals surface area contributed by atoms with E-state index in [2.05, 4.69) is 11.9 Å². The average molecular weight is 296 g/mol. The largest absolute Gasteiger partial charge is 0.481 e. The third-order valence-corrected chi connectivity index (χ3v) is 5.30. The molecule has 0 aromatic heterocycles. The number of carboxylic acid groups (broad SMARTS) is 1. The van der Waals surface area contributed by atoms with Crippen LogP contribution in [0.1, 0.15) is 44.9 Å². The van der Waals surface area contributed by atoms with E-state index in [-0.39, 0.29) is 12.3 Å². The summed E-state index contributed by atoms with van der Waals surface area (Å²) in [5.41, 5.74) is -0.794. The van der Waals surface area contributed by atoms with E-state index in [0.29, 0.717) is 18.8 Å². The van der Waals surface area contributed by atoms with E-state index in [9.17, 15) is 14.7 Å². The van der Waals surface area contributed by atoms with Gasteiger partial charge in [-0.15, -0.1) is 0 Å². The third kappa shape index (κ3) is 3.96. The van der Waals surface area contributed by atoms with Crippen LogP contribution < -0.4 is 0 Å². The van der Waals surface area contributed by atoms with Gasteiger partial charge in [0.1, 0.15) is 0 Å². The van der Waals surface area contributed by atoms with Crippen LogP contribution in [0.2, 0.25) is 0 Å². The first-order valence-corrected chi connectivity index (χ1v) is 8.09. The molecular weight excluding hydrogens is 268 g/mol. The molecule has 2 aliphatic rings. The Labute approximate surface area is 127 Å². The van der Waals surface area contributed by atoms with Crippen LogP contribution in [0.3, 0.4) is 0 Å². The molecule has 0 atom stereocenters. The van der Waals surface area contributed by atoms with Gasteiger partial charge in [-0.2, -0.15) is 0 Å². The van der Waals surface area contributed by atoms with E-state index in [1.165, 1.54) is 0 Å². The molecule has 2 rings (SSSR count). The molecule has 0 radical (unpaired) electrons. The summed E-state index contributed by atoms with van der Waals surface area (Å²) < 4.78 is 0. The molecular formula is C16H28N2O3. The molecule has 1 saturated heterocycles. The minimum absolute atomic E-state index is 0.00164. The molecule has 1 saturated carbocycles. The Kier molecular flexibility index (Phi) is 5.25. The molecule has 0 aromatic carbocycles. The number of carboxylic acids is 1. The van der Waals surface area contributed by atoms with Crippen LogP contribution in [-0.2, 0) is 9.59 Å². The van der Waals surface area contributed by atoms with Crippen molar-refractivity contribution in [3.63, 3.8) is 0 Å². The maximum Gasteiger partial charge on any atom is 0.310 e. The van der Waals surface area contributed by atoms with E-state index in [1.807, 2.05) is 7.05 Å². The van der Waals surface area contributed by atoms with Gasteiger partial charge in [-0.3, -0.25) is 9.59 Å². The quantitative estimate of drug-likeness (QED) is 0.840. The van der Waals surface area contributed by atoms with Gasteiger partial charge in [-0.25, -0.2) is 0 Å². The Morgan fingerprint density at radius 2 is 1.81 bits per heavy atom. The SMILES string of the molecule is CN1CCC(CN(C)C(=O)CC2(C(=O)O)CCCC2)CC1. The van der Waals surface area contributed by atoms with Crippen LogP contribution in [0.4, 0.5) is 0 Å². The zero-order chi connectivity index (χ0) is 15.5. The van der Waals surface area contributed by atoms with Crippen LogP contribution in [0, 0.1) is 11.3 Å². The van der Waals surface area contributed by atoms with Crippen molar-refractivity contribution in [3.05, 3.63) is 0 Å². The first kappa shape index (κ1) is 16.3. The van der Waals surface area contributed by atoms with Crippen molar-refractivity contribution in [3.8, 4) is 0 Å². The van der Waals surface area contributed by atoms with Gasteiger partial charge in [0.2, 0.25) is 5.91 Å². The minimum Gasteiger partial charge on any atom is -0.481 e. The predicted molar refractivity (Wildman–Crippen MR) is 81.0 cm³/mol. The molecule has 21 heavy (non-hydrogen) atoms. The fraction of sp³-hybridized carbons (Fsp3) is 0.875. The van der Waals surface area contributed by atoms with Gasteiger partial charge >= 0.3 is 5.97 Å². The predicted octanol–water partition coefficient (Wildman–Crippen LogP) is 1.82. The summed E-state index contributed by atoms with van der Waals surface area (Å²) in [4.78, 5) is 28.0. The molecule has 2 fully saturated rings. The second-order valence-corrected chi connectivity index (χ2v) is 6.99. The van der Waals surface area contributed by atoms with Crippen LogP contribution in [0.25, 0.3) is 0 Å². The van der Waals surface area contributed by atoms with E-state index in [1.54, 1.807) is 4.90 Å². The first-order chi connectivity index (χ1) is 9.93. The lowest BCUT2D eigenvalue weighted by molar-refractivity contribution is -0.153. The van der Waals surface area contributed by atoms with Crippen LogP contribution in [0.15, 0.2) is 0 Å². The number of likely N-dealkylation sites (tertiary alicyclic amines) is 1. The normalized spacial score (nSPS) is 23.1. The number of amides is 1. The second kappa shape index (κ2) is 6.77. The van der Waals surface area contributed by atoms with E-state index < -0.39 is 11.4 Å². The number of aliphatic carboxylic acids is 1. The lowest BCUT2D eigenvalue weighted by atomic mass is 9.82. The van der Waals surface area contributed by atoms with Crippen LogP contribution >= 0.6 is 0 Å². The molecule has 1 heterocycles. The number of rotatable bonds is 5. The zero-order valence-corrected chi connectivity index (χ0v) is 13.3. The van der Waals surface area contributed by atoms with Crippen molar-refractivity contribution in [2.24, 2.45) is 11.3 Å². The Morgan fingerprint density at radius 1 is 1.24 bits per heavy atom. The summed E-state index contributed by atoms with van der Waals surface area (Å²) in [6, 6.07) is 0. The topological polar surface area (TPSA) is 60.9 Å². The van der Waals surface area contributed by atoms with Crippen molar-refractivity contribution in [1.82, 2.24) is 9.80 Å². The zero-order valence-electron chi connectivity index (χ0n) is 13.3. The van der Waals surface area contributed by atoms with E-state index in [4.69, 9.17) is 0 Å². The van der Waals surface area contributed by atoms with Gasteiger partial charge in [0, 0.05) is 20.0 Å². The fourth-order valence-corrected chi connectivity index (χ4v) is 3.68. The number of piperidine rings is 1. The summed E-state index contributed by atoms with van der Waals surface area (Å²) in [6.07, 6.45) is 5.57. The number of carbonyl (C=O) groups is 2. The Bertz CT molecular complexity index is 383. The number of hydrogen-bond acceptors (Lipinski definition) is 3. The molecule has 5 heteroatoms. The molecule has 1 amide bonds. The van der Waals surface area contributed by atoms with Gasteiger partial charge in [-0.05, 0) is 51.7 Å². The van der Waals surface area contributed by atoms with Crippen molar-refractivity contribution in [2.45, 2.75) is 44.9 Å². The summed E-state index contributed by atoms with van der Waals surface area (Å²) >= 11 is 0. The molecule has 1 N–H and O–H groups in total. The smallest absolute Gasteiger partial charge is 0.310 e. The third-order valence-electron chi connectivity index (χ3n) is 5.30. The van der Waals surface area contributed by atoms with Crippen LogP contribution in [-0.4, -0.2) is 60.5 Å². The molecule has 0 aromatic rings. The summed E-state index contributed by atoms with van der Waals surface area (Å²) in [7, 11) is 3.95. The standard InChI is InChI=1S/C16H28N2O3/c1-17-9-5-13(6-10-17)12-18(2)14(19)11-16(15(20)21)7-3-4-8-16/h13H,3-12H2,1-2H3,(H,20,21). The van der Waals surface area contributed by atoms with Crippen molar-refractivity contribution in [2.75, 3.05) is 33.7 Å². The Balaban J connectivity index is 1.86. The van der Waals surface area contributed by atoms with Crippen molar-refractivity contribution < 1.29 is 14.7 Å². The van der Waals surface area contributed by atoms with Crippen LogP contribution in [0.5, 0.6) is 0 Å². The lowest BCUT2D eigenvalue weighted by Crippen LogP contribution is -2.41. The molecule has 5 nitrogen and oxygen atoms in total. The average Bonchev–Trinajstić information content (AvgIpc) is 2.91. The summed E-state index contributed by atoms with van der Waals surface area (Å²) in [5.74, 6) is -0.237. The molecule has 0 bridgehead atoms. The maximum atomic E-state index is 12.4. The van der Waals surface area contributed by atoms with E-state index in [0.717, 1.165) is 45.3 Å². The summed E-state index contributed by atoms with van der Waals surface area (Å²) in [5, 5.41) is 9.47. The second-order valence-electron chi connectivity index (χ2n) is 6.99. The van der Waals surface area contributed by atoms with Gasteiger partial charge in [-0.1, -0.05) is 12.8 Å². The number of carbonyl (C=O) groups excluding carboxylic acids is 1. The minimum atomic E-state index is -0.794. The Hall–Kier alpha value is -1.10. The maximum absolute atomic E-state index is 12.4. The van der Waals surface area contributed by atoms with Gasteiger partial charge < -0.3 is 14.9 Å². The lowest BCUT2D eigenvalue weighted by Gasteiger charge is -2.33. The molecule has 0 spiro atoms. The highest BCUT2D eigenvalue weighted by molar-refractivity contribution is 5.85. The van der Waals surface area contributed by atoms with Gasteiger partial charge in [0.05, 0.1) is 5.41 Å². The fourth-order valence-electron chi connectivity index (χ4n) is 3.68. The summed E-state index contributed by atoms with van der Waals surface area (Å²) in [6.45, 7) is 2.94. The number of nitrogens with zero attached hydrogens (tertiary/aromatic N) is 2. The molecule has 120 valence electrons. The van der Waals surface area contributed by atoms with E-state index >= 15 is 0 Å². The highest BCUT2D eigenvalue weighted by Crippen LogP contribution is 2.41. The van der Waals surface area contributed by atoms with Crippen molar-refractivity contribution in [1.29, 1.82) is 0 Å². The molecule has 1 aliphatic heterocycles. The molecule has 0 unspecified atom stereocenters. The highest BCUT2D eigenvalue weighted by atomic mass is 16.4.